The molecular weight excluding hydrogens is 401 g/mol. The standard InChI is InChI=1S/C19H15BrFN3O2/c1-23-15-5-3-4-6-16(15)24(2)19(23)13(10-22)17(25)11-26-18-8-7-12(21)9-14(18)20/h3-9H,11H2,1-2H3. The summed E-state index contributed by atoms with van der Waals surface area (Å²) in [5.74, 6) is -0.0356. The minimum atomic E-state index is -0.453. The molecule has 0 aromatic heterocycles. The molecule has 0 bridgehead atoms. The Morgan fingerprint density at radius 1 is 1.19 bits per heavy atom. The molecule has 5 nitrogen and oxygen atoms in total. The van der Waals surface area contributed by atoms with Crippen LogP contribution in [0.3, 0.4) is 0 Å². The fourth-order valence-electron chi connectivity index (χ4n) is 2.86. The first kappa shape index (κ1) is 18.0. The van der Waals surface area contributed by atoms with Crippen LogP contribution in [0.4, 0.5) is 15.8 Å². The fourth-order valence-corrected chi connectivity index (χ4v) is 3.33. The minimum Gasteiger partial charge on any atom is -0.484 e. The van der Waals surface area contributed by atoms with Gasteiger partial charge in [-0.05, 0) is 46.3 Å². The van der Waals surface area contributed by atoms with Crippen LogP contribution in [0.25, 0.3) is 0 Å². The van der Waals surface area contributed by atoms with E-state index < -0.39 is 11.6 Å². The molecule has 0 atom stereocenters. The highest BCUT2D eigenvalue weighted by Gasteiger charge is 2.31. The van der Waals surface area contributed by atoms with Crippen LogP contribution >= 0.6 is 15.9 Å². The second-order valence-corrected chi connectivity index (χ2v) is 6.56. The van der Waals surface area contributed by atoms with Gasteiger partial charge in [-0.2, -0.15) is 5.26 Å². The number of Topliss-reactive ketones (excluding diaryl/α,β-unsaturated/α-hetero) is 1. The van der Waals surface area contributed by atoms with Crippen molar-refractivity contribution in [2.75, 3.05) is 30.5 Å². The van der Waals surface area contributed by atoms with E-state index in [9.17, 15) is 14.4 Å². The molecule has 1 aliphatic heterocycles. The van der Waals surface area contributed by atoms with Gasteiger partial charge in [0.1, 0.15) is 29.0 Å². The maximum atomic E-state index is 13.1. The number of anilines is 2. The number of carbonyl (C=O) groups excluding carboxylic acids is 1. The Morgan fingerprint density at radius 3 is 2.35 bits per heavy atom. The SMILES string of the molecule is CN1C(=C(C#N)C(=O)COc2ccc(F)cc2Br)N(C)c2ccccc21. The van der Waals surface area contributed by atoms with Crippen molar-refractivity contribution in [2.24, 2.45) is 0 Å². The number of carbonyl (C=O) groups is 1. The molecule has 0 N–H and O–H groups in total. The third-order valence-corrected chi connectivity index (χ3v) is 4.73. The van der Waals surface area contributed by atoms with Crippen LogP contribution in [-0.4, -0.2) is 26.5 Å². The zero-order valence-electron chi connectivity index (χ0n) is 14.2. The van der Waals surface area contributed by atoms with E-state index in [1.165, 1.54) is 18.2 Å². The molecule has 0 unspecified atom stereocenters. The Balaban J connectivity index is 1.86. The third kappa shape index (κ3) is 3.16. The Hall–Kier alpha value is -2.85. The molecule has 0 aliphatic carbocycles. The first-order valence-electron chi connectivity index (χ1n) is 7.76. The van der Waals surface area contributed by atoms with Crippen molar-refractivity contribution in [3.63, 3.8) is 0 Å². The van der Waals surface area contributed by atoms with E-state index in [0.717, 1.165) is 11.4 Å². The summed E-state index contributed by atoms with van der Waals surface area (Å²) in [5, 5.41) is 9.56. The van der Waals surface area contributed by atoms with Crippen LogP contribution in [0.1, 0.15) is 0 Å². The number of halogens is 2. The summed E-state index contributed by atoms with van der Waals surface area (Å²) in [4.78, 5) is 16.2. The highest BCUT2D eigenvalue weighted by Crippen LogP contribution is 2.40. The van der Waals surface area contributed by atoms with Gasteiger partial charge in [0.2, 0.25) is 5.78 Å². The Labute approximate surface area is 159 Å². The maximum absolute atomic E-state index is 13.1. The summed E-state index contributed by atoms with van der Waals surface area (Å²) >= 11 is 3.19. The van der Waals surface area contributed by atoms with Crippen molar-refractivity contribution in [1.29, 1.82) is 5.26 Å². The minimum absolute atomic E-state index is 0.00411. The van der Waals surface area contributed by atoms with Crippen LogP contribution < -0.4 is 14.5 Å². The van der Waals surface area contributed by atoms with Crippen molar-refractivity contribution in [1.82, 2.24) is 0 Å². The van der Waals surface area contributed by atoms with E-state index in [1.54, 1.807) is 23.9 Å². The van der Waals surface area contributed by atoms with Gasteiger partial charge in [0.15, 0.2) is 6.61 Å². The molecule has 2 aromatic carbocycles. The Kier molecular flexibility index (Phi) is 4.96. The molecule has 2 aromatic rings. The molecule has 1 heterocycles. The predicted molar refractivity (Wildman–Crippen MR) is 100 cm³/mol. The highest BCUT2D eigenvalue weighted by atomic mass is 79.9. The van der Waals surface area contributed by atoms with Crippen molar-refractivity contribution in [3.05, 3.63) is 64.1 Å². The maximum Gasteiger partial charge on any atom is 0.214 e. The Morgan fingerprint density at radius 2 is 1.81 bits per heavy atom. The van der Waals surface area contributed by atoms with Gasteiger partial charge in [-0.3, -0.25) is 4.79 Å². The lowest BCUT2D eigenvalue weighted by molar-refractivity contribution is -0.117. The first-order valence-corrected chi connectivity index (χ1v) is 8.55. The summed E-state index contributed by atoms with van der Waals surface area (Å²) in [6, 6.07) is 13.5. The lowest BCUT2D eigenvalue weighted by atomic mass is 10.2. The highest BCUT2D eigenvalue weighted by molar-refractivity contribution is 9.10. The number of rotatable bonds is 4. The quantitative estimate of drug-likeness (QED) is 0.560. The molecule has 7 heteroatoms. The van der Waals surface area contributed by atoms with Gasteiger partial charge >= 0.3 is 0 Å². The van der Waals surface area contributed by atoms with E-state index in [0.29, 0.717) is 16.0 Å². The van der Waals surface area contributed by atoms with Gasteiger partial charge in [0, 0.05) is 14.1 Å². The molecular formula is C19H15BrFN3O2. The number of hydrogen-bond donors (Lipinski definition) is 0. The van der Waals surface area contributed by atoms with E-state index in [-0.39, 0.29) is 12.2 Å². The normalized spacial score (nSPS) is 12.7. The fraction of sp³-hybridized carbons (Fsp3) is 0.158. The molecule has 0 saturated heterocycles. The van der Waals surface area contributed by atoms with Crippen LogP contribution in [0.5, 0.6) is 5.75 Å². The third-order valence-electron chi connectivity index (χ3n) is 4.11. The molecule has 0 saturated carbocycles. The molecule has 3 rings (SSSR count). The van der Waals surface area contributed by atoms with Crippen LogP contribution in [-0.2, 0) is 4.79 Å². The molecule has 132 valence electrons. The molecule has 0 amide bonds. The summed E-state index contributed by atoms with van der Waals surface area (Å²) in [5.41, 5.74) is 1.82. The van der Waals surface area contributed by atoms with Crippen molar-refractivity contribution in [3.8, 4) is 11.8 Å². The molecule has 1 aliphatic rings. The summed E-state index contributed by atoms with van der Waals surface area (Å²) in [7, 11) is 3.61. The van der Waals surface area contributed by atoms with Gasteiger partial charge < -0.3 is 14.5 Å². The zero-order chi connectivity index (χ0) is 18.8. The zero-order valence-corrected chi connectivity index (χ0v) is 15.7. The number of nitriles is 1. The van der Waals surface area contributed by atoms with Crippen LogP contribution in [0.2, 0.25) is 0 Å². The van der Waals surface area contributed by atoms with Gasteiger partial charge in [0.25, 0.3) is 0 Å². The van der Waals surface area contributed by atoms with Gasteiger partial charge in [-0.15, -0.1) is 0 Å². The van der Waals surface area contributed by atoms with Gasteiger partial charge in [-0.25, -0.2) is 4.39 Å². The van der Waals surface area contributed by atoms with Crippen molar-refractivity contribution in [2.45, 2.75) is 0 Å². The van der Waals surface area contributed by atoms with Crippen LogP contribution in [0, 0.1) is 17.1 Å². The second-order valence-electron chi connectivity index (χ2n) is 5.70. The van der Waals surface area contributed by atoms with E-state index >= 15 is 0 Å². The van der Waals surface area contributed by atoms with Gasteiger partial charge in [-0.1, -0.05) is 12.1 Å². The average molecular weight is 416 g/mol. The molecule has 26 heavy (non-hydrogen) atoms. The van der Waals surface area contributed by atoms with Crippen molar-refractivity contribution < 1.29 is 13.9 Å². The lowest BCUT2D eigenvalue weighted by Crippen LogP contribution is -2.27. The number of para-hydroxylation sites is 2. The monoisotopic (exact) mass is 415 g/mol. The van der Waals surface area contributed by atoms with Gasteiger partial charge in [0.05, 0.1) is 15.8 Å². The average Bonchev–Trinajstić information content (AvgIpc) is 2.87. The van der Waals surface area contributed by atoms with E-state index in [2.05, 4.69) is 15.9 Å². The predicted octanol–water partition coefficient (Wildman–Crippen LogP) is 3.86. The van der Waals surface area contributed by atoms with Crippen LogP contribution in [0.15, 0.2) is 58.3 Å². The first-order chi connectivity index (χ1) is 12.4. The van der Waals surface area contributed by atoms with E-state index in [4.69, 9.17) is 4.74 Å². The number of ether oxygens (including phenoxy) is 1. The molecule has 0 spiro atoms. The summed E-state index contributed by atoms with van der Waals surface area (Å²) in [6.45, 7) is -0.325. The van der Waals surface area contributed by atoms with E-state index in [1.807, 2.05) is 30.3 Å². The number of hydrogen-bond acceptors (Lipinski definition) is 5. The number of benzene rings is 2. The molecule has 0 fully saturated rings. The smallest absolute Gasteiger partial charge is 0.214 e. The van der Waals surface area contributed by atoms with Crippen molar-refractivity contribution >= 4 is 33.1 Å². The summed E-state index contributed by atoms with van der Waals surface area (Å²) < 4.78 is 19.0. The number of ketones is 1. The Bertz CT molecular complexity index is 921. The summed E-state index contributed by atoms with van der Waals surface area (Å²) in [6.07, 6.45) is 0. The lowest BCUT2D eigenvalue weighted by Gasteiger charge is -2.20. The molecule has 0 radical (unpaired) electrons. The number of nitrogens with zero attached hydrogens (tertiary/aromatic N) is 3. The number of fused-ring (bicyclic) bond motifs is 1. The largest absolute Gasteiger partial charge is 0.484 e. The topological polar surface area (TPSA) is 56.6 Å². The second kappa shape index (κ2) is 7.18.